The van der Waals surface area contributed by atoms with Crippen molar-refractivity contribution in [3.63, 3.8) is 0 Å². The Kier molecular flexibility index (Phi) is 6.82. The lowest BCUT2D eigenvalue weighted by atomic mass is 10.2. The van der Waals surface area contributed by atoms with E-state index in [1.807, 2.05) is 7.05 Å². The standard InChI is InChI=1S/C17H29N5O3S/c1-17(2,3)25-16(24)19-10-14(23)22-8-6-21(7-9-22)11-13-12-26-15(18-4)20(13)5/h12H,6-11H2,1-5H3,(H,19,24). The van der Waals surface area contributed by atoms with Crippen LogP contribution < -0.4 is 10.1 Å². The normalized spacial score (nSPS) is 16.7. The summed E-state index contributed by atoms with van der Waals surface area (Å²) < 4.78 is 7.25. The first-order valence-electron chi connectivity index (χ1n) is 8.73. The minimum atomic E-state index is -0.568. The maximum atomic E-state index is 12.3. The van der Waals surface area contributed by atoms with Crippen LogP contribution in [-0.4, -0.2) is 71.7 Å². The van der Waals surface area contributed by atoms with Gasteiger partial charge in [-0.3, -0.25) is 14.7 Å². The molecule has 1 saturated heterocycles. The number of amides is 2. The third-order valence-electron chi connectivity index (χ3n) is 4.10. The molecule has 1 aliphatic heterocycles. The van der Waals surface area contributed by atoms with Gasteiger partial charge in [0.2, 0.25) is 5.91 Å². The Morgan fingerprint density at radius 1 is 1.27 bits per heavy atom. The molecule has 8 nitrogen and oxygen atoms in total. The number of alkyl carbamates (subject to hydrolysis) is 1. The van der Waals surface area contributed by atoms with Gasteiger partial charge >= 0.3 is 6.09 Å². The molecule has 2 amide bonds. The molecule has 2 heterocycles. The first kappa shape index (κ1) is 20.4. The SMILES string of the molecule is CN=c1scc(CN2CCN(C(=O)CNC(=O)OC(C)(C)C)CC2)n1C. The smallest absolute Gasteiger partial charge is 0.408 e. The molecule has 0 radical (unpaired) electrons. The summed E-state index contributed by atoms with van der Waals surface area (Å²) in [6, 6.07) is 0. The molecule has 0 bridgehead atoms. The summed E-state index contributed by atoms with van der Waals surface area (Å²) in [7, 11) is 3.82. The Labute approximate surface area is 158 Å². The van der Waals surface area contributed by atoms with Gasteiger partial charge in [0.15, 0.2) is 4.80 Å². The van der Waals surface area contributed by atoms with E-state index >= 15 is 0 Å². The second-order valence-electron chi connectivity index (χ2n) is 7.30. The van der Waals surface area contributed by atoms with Gasteiger partial charge in [-0.05, 0) is 20.8 Å². The molecule has 1 N–H and O–H groups in total. The number of carbonyl (C=O) groups is 2. The predicted octanol–water partition coefficient (Wildman–Crippen LogP) is 0.786. The molecule has 0 atom stereocenters. The highest BCUT2D eigenvalue weighted by Gasteiger charge is 2.23. The molecule has 9 heteroatoms. The van der Waals surface area contributed by atoms with Crippen molar-refractivity contribution >= 4 is 23.3 Å². The maximum Gasteiger partial charge on any atom is 0.408 e. The quantitative estimate of drug-likeness (QED) is 0.834. The Morgan fingerprint density at radius 2 is 1.92 bits per heavy atom. The summed E-state index contributed by atoms with van der Waals surface area (Å²) in [5.74, 6) is -0.0799. The zero-order valence-corrected chi connectivity index (χ0v) is 17.1. The predicted molar refractivity (Wildman–Crippen MR) is 101 cm³/mol. The van der Waals surface area contributed by atoms with Crippen molar-refractivity contribution in [1.29, 1.82) is 0 Å². The summed E-state index contributed by atoms with van der Waals surface area (Å²) in [6.45, 7) is 9.13. The lowest BCUT2D eigenvalue weighted by molar-refractivity contribution is -0.132. The van der Waals surface area contributed by atoms with E-state index in [-0.39, 0.29) is 12.5 Å². The monoisotopic (exact) mass is 383 g/mol. The summed E-state index contributed by atoms with van der Waals surface area (Å²) in [5.41, 5.74) is 0.656. The Balaban J connectivity index is 1.76. The van der Waals surface area contributed by atoms with Crippen molar-refractivity contribution in [1.82, 2.24) is 19.7 Å². The molecule has 0 saturated carbocycles. The van der Waals surface area contributed by atoms with Gasteiger partial charge in [-0.2, -0.15) is 0 Å². The van der Waals surface area contributed by atoms with Crippen LogP contribution in [0.3, 0.4) is 0 Å². The topological polar surface area (TPSA) is 79.2 Å². The van der Waals surface area contributed by atoms with Gasteiger partial charge in [-0.15, -0.1) is 11.3 Å². The molecule has 1 aliphatic rings. The Bertz CT molecular complexity index is 696. The van der Waals surface area contributed by atoms with Gasteiger partial charge in [0.25, 0.3) is 0 Å². The molecule has 1 aromatic rings. The van der Waals surface area contributed by atoms with Gasteiger partial charge in [-0.25, -0.2) is 4.79 Å². The second-order valence-corrected chi connectivity index (χ2v) is 8.14. The molecule has 0 unspecified atom stereocenters. The third-order valence-corrected chi connectivity index (χ3v) is 5.16. The van der Waals surface area contributed by atoms with E-state index in [0.717, 1.165) is 24.4 Å². The fraction of sp³-hybridized carbons (Fsp3) is 0.706. The summed E-state index contributed by atoms with van der Waals surface area (Å²) in [5, 5.41) is 4.66. The highest BCUT2D eigenvalue weighted by molar-refractivity contribution is 7.07. The average Bonchev–Trinajstić information content (AvgIpc) is 2.92. The van der Waals surface area contributed by atoms with Crippen LogP contribution in [0.2, 0.25) is 0 Å². The molecule has 0 spiro atoms. The van der Waals surface area contributed by atoms with Crippen LogP contribution in [0.5, 0.6) is 0 Å². The molecule has 1 aromatic heterocycles. The van der Waals surface area contributed by atoms with Crippen LogP contribution >= 0.6 is 11.3 Å². The number of rotatable bonds is 4. The minimum absolute atomic E-state index is 0.0320. The molecular weight excluding hydrogens is 354 g/mol. The minimum Gasteiger partial charge on any atom is -0.444 e. The van der Waals surface area contributed by atoms with E-state index < -0.39 is 11.7 Å². The Hall–Kier alpha value is -1.87. The lowest BCUT2D eigenvalue weighted by Gasteiger charge is -2.34. The van der Waals surface area contributed by atoms with E-state index in [1.165, 1.54) is 5.69 Å². The first-order chi connectivity index (χ1) is 12.2. The van der Waals surface area contributed by atoms with Crippen molar-refractivity contribution in [2.75, 3.05) is 39.8 Å². The van der Waals surface area contributed by atoms with E-state index in [0.29, 0.717) is 13.1 Å². The van der Waals surface area contributed by atoms with Crippen LogP contribution in [0.15, 0.2) is 10.4 Å². The van der Waals surface area contributed by atoms with E-state index in [2.05, 4.69) is 25.2 Å². The van der Waals surface area contributed by atoms with Gasteiger partial charge in [-0.1, -0.05) is 0 Å². The van der Waals surface area contributed by atoms with Gasteiger partial charge in [0, 0.05) is 57.9 Å². The molecule has 1 fully saturated rings. The highest BCUT2D eigenvalue weighted by atomic mass is 32.1. The van der Waals surface area contributed by atoms with E-state index in [4.69, 9.17) is 4.74 Å². The zero-order valence-electron chi connectivity index (χ0n) is 16.2. The Morgan fingerprint density at radius 3 is 2.46 bits per heavy atom. The van der Waals surface area contributed by atoms with E-state index in [9.17, 15) is 9.59 Å². The number of nitrogens with zero attached hydrogens (tertiary/aromatic N) is 4. The molecule has 0 aliphatic carbocycles. The van der Waals surface area contributed by atoms with Crippen LogP contribution in [0.4, 0.5) is 4.79 Å². The first-order valence-corrected chi connectivity index (χ1v) is 9.61. The van der Waals surface area contributed by atoms with Gasteiger partial charge in [0.1, 0.15) is 12.1 Å². The molecule has 2 rings (SSSR count). The largest absolute Gasteiger partial charge is 0.444 e. The summed E-state index contributed by atoms with van der Waals surface area (Å²) in [4.78, 5) is 33.2. The number of hydrogen-bond acceptors (Lipinski definition) is 6. The van der Waals surface area contributed by atoms with Gasteiger partial charge in [0.05, 0.1) is 0 Å². The van der Waals surface area contributed by atoms with Crippen molar-refractivity contribution in [2.45, 2.75) is 32.9 Å². The lowest BCUT2D eigenvalue weighted by Crippen LogP contribution is -2.51. The molecular formula is C17H29N5O3S. The fourth-order valence-corrected chi connectivity index (χ4v) is 3.56. The fourth-order valence-electron chi connectivity index (χ4n) is 2.71. The third kappa shape index (κ3) is 5.84. The number of nitrogens with one attached hydrogen (secondary N) is 1. The van der Waals surface area contributed by atoms with Crippen molar-refractivity contribution < 1.29 is 14.3 Å². The number of thiazole rings is 1. The number of piperazine rings is 1. The van der Waals surface area contributed by atoms with Crippen molar-refractivity contribution in [2.24, 2.45) is 12.0 Å². The number of ether oxygens (including phenoxy) is 1. The number of hydrogen-bond donors (Lipinski definition) is 1. The summed E-state index contributed by atoms with van der Waals surface area (Å²) in [6.07, 6.45) is -0.563. The van der Waals surface area contributed by atoms with Crippen molar-refractivity contribution in [3.05, 3.63) is 15.9 Å². The van der Waals surface area contributed by atoms with E-state index in [1.54, 1.807) is 44.1 Å². The maximum absolute atomic E-state index is 12.3. The average molecular weight is 384 g/mol. The molecule has 146 valence electrons. The highest BCUT2D eigenvalue weighted by Crippen LogP contribution is 2.09. The number of carbonyl (C=O) groups excluding carboxylic acids is 2. The number of aromatic nitrogens is 1. The van der Waals surface area contributed by atoms with Crippen LogP contribution in [0, 0.1) is 0 Å². The van der Waals surface area contributed by atoms with Crippen LogP contribution in [-0.2, 0) is 23.1 Å². The molecule has 0 aromatic carbocycles. The van der Waals surface area contributed by atoms with Crippen LogP contribution in [0.25, 0.3) is 0 Å². The van der Waals surface area contributed by atoms with Crippen LogP contribution in [0.1, 0.15) is 26.5 Å². The van der Waals surface area contributed by atoms with Crippen molar-refractivity contribution in [3.8, 4) is 0 Å². The zero-order chi connectivity index (χ0) is 19.3. The molecule has 26 heavy (non-hydrogen) atoms. The second kappa shape index (κ2) is 8.68. The van der Waals surface area contributed by atoms with Gasteiger partial charge < -0.3 is 19.5 Å². The summed E-state index contributed by atoms with van der Waals surface area (Å²) >= 11 is 1.64.